The Balaban J connectivity index is 1.21. The van der Waals surface area contributed by atoms with Crippen molar-refractivity contribution in [2.24, 2.45) is 17.8 Å². The average molecular weight is 388 g/mol. The Morgan fingerprint density at radius 2 is 1.69 bits per heavy atom. The summed E-state index contributed by atoms with van der Waals surface area (Å²) in [6.45, 7) is 2.04. The molecule has 1 saturated heterocycles. The van der Waals surface area contributed by atoms with Crippen molar-refractivity contribution >= 4 is 5.97 Å². The molecule has 0 amide bonds. The van der Waals surface area contributed by atoms with Crippen LogP contribution >= 0.6 is 0 Å². The van der Waals surface area contributed by atoms with Gasteiger partial charge in [0.1, 0.15) is 17.6 Å². The zero-order valence-electron chi connectivity index (χ0n) is 15.9. The van der Waals surface area contributed by atoms with Gasteiger partial charge in [0.2, 0.25) is 11.7 Å². The molecule has 6 heteroatoms. The van der Waals surface area contributed by atoms with Gasteiger partial charge in [-0.05, 0) is 62.1 Å². The first-order chi connectivity index (χ1) is 14.2. The number of hydrogen-bond acceptors (Lipinski definition) is 6. The van der Waals surface area contributed by atoms with Gasteiger partial charge in [-0.1, -0.05) is 22.9 Å². The van der Waals surface area contributed by atoms with Gasteiger partial charge in [-0.2, -0.15) is 4.98 Å². The highest BCUT2D eigenvalue weighted by molar-refractivity contribution is 5.78. The first kappa shape index (κ1) is 16.8. The summed E-state index contributed by atoms with van der Waals surface area (Å²) < 4.78 is 17.0. The molecule has 0 N–H and O–H groups in total. The largest absolute Gasteiger partial charge is 0.462 e. The molecule has 2 saturated carbocycles. The molecule has 6 rings (SSSR count). The summed E-state index contributed by atoms with van der Waals surface area (Å²) in [5, 5.41) is 4.17. The fourth-order valence-corrected chi connectivity index (χ4v) is 5.24. The standard InChI is InChI=1S/C23H20N2O4/c1-12-2-6-15(7-3-12)27-16-8-4-13(5-9-16)21-24-22(29-25-21)19-14-10-17-18(11-14)28-23(26)20(17)19/h2-9,14,17-20H,10-11H2,1H3/t14-,17+,18+,19-,20-/m1/s1. The van der Waals surface area contributed by atoms with Crippen LogP contribution in [0, 0.1) is 24.7 Å². The van der Waals surface area contributed by atoms with E-state index in [9.17, 15) is 4.79 Å². The smallest absolute Gasteiger partial charge is 0.310 e. The van der Waals surface area contributed by atoms with Crippen molar-refractivity contribution in [1.82, 2.24) is 10.1 Å². The highest BCUT2D eigenvalue weighted by Crippen LogP contribution is 2.61. The average Bonchev–Trinajstić information content (AvgIpc) is 3.46. The lowest BCUT2D eigenvalue weighted by atomic mass is 9.80. The summed E-state index contributed by atoms with van der Waals surface area (Å²) in [5.41, 5.74) is 2.05. The highest BCUT2D eigenvalue weighted by Gasteiger charge is 2.63. The Hall–Kier alpha value is -3.15. The Morgan fingerprint density at radius 1 is 0.966 bits per heavy atom. The molecule has 0 radical (unpaired) electrons. The number of aryl methyl sites for hydroxylation is 1. The van der Waals surface area contributed by atoms with Crippen LogP contribution in [0.25, 0.3) is 11.4 Å². The Bertz CT molecular complexity index is 1070. The molecule has 2 bridgehead atoms. The third-order valence-electron chi connectivity index (χ3n) is 6.58. The number of benzene rings is 2. The Labute approximate surface area is 167 Å². The molecular weight excluding hydrogens is 368 g/mol. The number of fused-ring (bicyclic) bond motifs is 1. The minimum Gasteiger partial charge on any atom is -0.462 e. The molecule has 5 atom stereocenters. The van der Waals surface area contributed by atoms with E-state index in [1.807, 2.05) is 55.5 Å². The van der Waals surface area contributed by atoms with E-state index in [0.29, 0.717) is 23.6 Å². The van der Waals surface area contributed by atoms with Crippen LogP contribution in [0.1, 0.15) is 30.2 Å². The molecular formula is C23H20N2O4. The monoisotopic (exact) mass is 388 g/mol. The maximum Gasteiger partial charge on any atom is 0.310 e. The predicted octanol–water partition coefficient (Wildman–Crippen LogP) is 4.50. The fourth-order valence-electron chi connectivity index (χ4n) is 5.24. The van der Waals surface area contributed by atoms with Crippen LogP contribution in [0.4, 0.5) is 0 Å². The summed E-state index contributed by atoms with van der Waals surface area (Å²) in [4.78, 5) is 16.9. The molecule has 0 spiro atoms. The molecule has 3 fully saturated rings. The maximum absolute atomic E-state index is 12.2. The molecule has 6 nitrogen and oxygen atoms in total. The maximum atomic E-state index is 12.2. The second-order valence-corrected chi connectivity index (χ2v) is 8.32. The number of esters is 1. The zero-order chi connectivity index (χ0) is 19.5. The number of ether oxygens (including phenoxy) is 2. The van der Waals surface area contributed by atoms with Gasteiger partial charge >= 0.3 is 5.97 Å². The van der Waals surface area contributed by atoms with Gasteiger partial charge < -0.3 is 14.0 Å². The first-order valence-corrected chi connectivity index (χ1v) is 10.0. The van der Waals surface area contributed by atoms with Gasteiger partial charge in [0.15, 0.2) is 0 Å². The van der Waals surface area contributed by atoms with E-state index in [4.69, 9.17) is 14.0 Å². The molecule has 146 valence electrons. The summed E-state index contributed by atoms with van der Waals surface area (Å²) in [6.07, 6.45) is 2.05. The molecule has 1 aliphatic heterocycles. The van der Waals surface area contributed by atoms with Crippen molar-refractivity contribution in [3.8, 4) is 22.9 Å². The highest BCUT2D eigenvalue weighted by atomic mass is 16.6. The second kappa shape index (κ2) is 6.17. The van der Waals surface area contributed by atoms with E-state index in [2.05, 4.69) is 10.1 Å². The van der Waals surface area contributed by atoms with Crippen LogP contribution in [0.5, 0.6) is 11.5 Å². The third kappa shape index (κ3) is 2.66. The van der Waals surface area contributed by atoms with E-state index in [-0.39, 0.29) is 23.9 Å². The normalized spacial score (nSPS) is 29.3. The minimum atomic E-state index is -0.114. The van der Waals surface area contributed by atoms with E-state index in [0.717, 1.165) is 29.9 Å². The first-order valence-electron chi connectivity index (χ1n) is 10.0. The number of nitrogens with zero attached hydrogens (tertiary/aromatic N) is 2. The van der Waals surface area contributed by atoms with Crippen LogP contribution in [0.2, 0.25) is 0 Å². The lowest BCUT2D eigenvalue weighted by molar-refractivity contribution is -0.143. The van der Waals surface area contributed by atoms with Crippen LogP contribution in [-0.2, 0) is 9.53 Å². The SMILES string of the molecule is Cc1ccc(Oc2ccc(-c3noc([C@@H]4[C@@H]5C[C@@H]6[C@H]4C(=O)O[C@H]6C5)n3)cc2)cc1. The molecule has 3 aliphatic rings. The van der Waals surface area contributed by atoms with E-state index < -0.39 is 0 Å². The topological polar surface area (TPSA) is 74.5 Å². The molecule has 2 aliphatic carbocycles. The minimum absolute atomic E-state index is 0.00311. The number of carbonyl (C=O) groups is 1. The van der Waals surface area contributed by atoms with E-state index in [1.165, 1.54) is 5.56 Å². The molecule has 2 aromatic carbocycles. The number of aromatic nitrogens is 2. The van der Waals surface area contributed by atoms with Crippen molar-refractivity contribution in [3.63, 3.8) is 0 Å². The van der Waals surface area contributed by atoms with Gasteiger partial charge in [-0.25, -0.2) is 0 Å². The zero-order valence-corrected chi connectivity index (χ0v) is 15.9. The molecule has 0 unspecified atom stereocenters. The van der Waals surface area contributed by atoms with Crippen LogP contribution in [0.3, 0.4) is 0 Å². The Kier molecular flexibility index (Phi) is 3.57. The van der Waals surface area contributed by atoms with Crippen LogP contribution in [0.15, 0.2) is 53.1 Å². The van der Waals surface area contributed by atoms with Gasteiger partial charge in [-0.15, -0.1) is 0 Å². The summed E-state index contributed by atoms with van der Waals surface area (Å²) in [7, 11) is 0. The number of rotatable bonds is 4. The lowest BCUT2D eigenvalue weighted by Crippen LogP contribution is -2.24. The third-order valence-corrected chi connectivity index (χ3v) is 6.58. The quantitative estimate of drug-likeness (QED) is 0.613. The Morgan fingerprint density at radius 3 is 2.45 bits per heavy atom. The lowest BCUT2D eigenvalue weighted by Gasteiger charge is -2.20. The fraction of sp³-hybridized carbons (Fsp3) is 0.348. The van der Waals surface area contributed by atoms with Crippen molar-refractivity contribution in [2.75, 3.05) is 0 Å². The van der Waals surface area contributed by atoms with Gasteiger partial charge in [0.25, 0.3) is 0 Å². The van der Waals surface area contributed by atoms with Gasteiger partial charge in [0, 0.05) is 11.5 Å². The van der Waals surface area contributed by atoms with E-state index >= 15 is 0 Å². The van der Waals surface area contributed by atoms with Crippen molar-refractivity contribution in [3.05, 3.63) is 60.0 Å². The van der Waals surface area contributed by atoms with Gasteiger partial charge in [0.05, 0.1) is 11.8 Å². The van der Waals surface area contributed by atoms with Crippen LogP contribution in [-0.4, -0.2) is 22.2 Å². The van der Waals surface area contributed by atoms with E-state index in [1.54, 1.807) is 0 Å². The molecule has 2 heterocycles. The summed E-state index contributed by atoms with van der Waals surface area (Å²) in [5.74, 6) is 3.15. The molecule has 3 aromatic rings. The summed E-state index contributed by atoms with van der Waals surface area (Å²) in [6, 6.07) is 15.5. The molecule has 1 aromatic heterocycles. The number of carbonyl (C=O) groups excluding carboxylic acids is 1. The number of hydrogen-bond donors (Lipinski definition) is 0. The van der Waals surface area contributed by atoms with Crippen LogP contribution < -0.4 is 4.74 Å². The van der Waals surface area contributed by atoms with Gasteiger partial charge in [-0.3, -0.25) is 4.79 Å². The molecule has 29 heavy (non-hydrogen) atoms. The second-order valence-electron chi connectivity index (χ2n) is 8.32. The predicted molar refractivity (Wildman–Crippen MR) is 103 cm³/mol. The van der Waals surface area contributed by atoms with Crippen molar-refractivity contribution in [2.45, 2.75) is 31.8 Å². The van der Waals surface area contributed by atoms with Crippen molar-refractivity contribution in [1.29, 1.82) is 0 Å². The van der Waals surface area contributed by atoms with Crippen molar-refractivity contribution < 1.29 is 18.8 Å². The summed E-state index contributed by atoms with van der Waals surface area (Å²) >= 11 is 0.